The second-order valence-electron chi connectivity index (χ2n) is 11.6. The number of nitrogens with zero attached hydrogens (tertiary/aromatic N) is 2. The number of piperazine rings is 1. The molecule has 1 heterocycles. The third kappa shape index (κ3) is 4.74. The fraction of sp³-hybridized carbons (Fsp3) is 0.607. The number of carbonyl (C=O) groups is 1. The van der Waals surface area contributed by atoms with Gasteiger partial charge in [0.05, 0.1) is 7.11 Å². The second-order valence-corrected chi connectivity index (χ2v) is 11.6. The average molecular weight is 498 g/mol. The predicted molar refractivity (Wildman–Crippen MR) is 142 cm³/mol. The fourth-order valence-electron chi connectivity index (χ4n) is 5.98. The molecule has 4 N–H and O–H groups in total. The predicted octanol–water partition coefficient (Wildman–Crippen LogP) is 3.58. The number of carbonyl (C=O) groups excluding carboxylic acids is 1. The van der Waals surface area contributed by atoms with Crippen LogP contribution >= 0.6 is 0 Å². The van der Waals surface area contributed by atoms with Crippen molar-refractivity contribution in [3.8, 4) is 5.75 Å². The lowest BCUT2D eigenvalue weighted by atomic mass is 9.86. The summed E-state index contributed by atoms with van der Waals surface area (Å²) in [6, 6.07) is 8.61. The highest BCUT2D eigenvalue weighted by Crippen LogP contribution is 2.75. The number of nitrogens with two attached hydrogens (primary N) is 1. The Morgan fingerprint density at radius 1 is 1.17 bits per heavy atom. The smallest absolute Gasteiger partial charge is 0.410 e. The van der Waals surface area contributed by atoms with E-state index in [-0.39, 0.29) is 29.0 Å². The highest BCUT2D eigenvalue weighted by Gasteiger charge is 2.71. The molecule has 1 aromatic rings. The third-order valence-electron chi connectivity index (χ3n) is 8.46. The Morgan fingerprint density at radius 3 is 2.47 bits per heavy atom. The molecule has 4 rings (SSSR count). The first kappa shape index (κ1) is 26.5. The molecular formula is C28H43N5O3. The monoisotopic (exact) mass is 497 g/mol. The summed E-state index contributed by atoms with van der Waals surface area (Å²) >= 11 is 0. The Morgan fingerprint density at radius 2 is 1.86 bits per heavy atom. The van der Waals surface area contributed by atoms with E-state index in [0.717, 1.165) is 31.1 Å². The summed E-state index contributed by atoms with van der Waals surface area (Å²) in [5.74, 6) is 6.69. The summed E-state index contributed by atoms with van der Waals surface area (Å²) in [5.41, 5.74) is 6.03. The zero-order valence-electron chi connectivity index (χ0n) is 22.9. The number of fused-ring (bicyclic) bond motifs is 1. The Kier molecular flexibility index (Phi) is 7.16. The molecule has 3 aliphatic rings. The molecular weight excluding hydrogens is 454 g/mol. The number of allylic oxidation sites excluding steroid dienone is 3. The van der Waals surface area contributed by atoms with Crippen molar-refractivity contribution in [2.45, 2.75) is 59.2 Å². The maximum absolute atomic E-state index is 12.5. The van der Waals surface area contributed by atoms with Gasteiger partial charge in [-0.1, -0.05) is 25.1 Å². The third-order valence-corrected chi connectivity index (χ3v) is 8.46. The van der Waals surface area contributed by atoms with Crippen LogP contribution in [0.3, 0.4) is 0 Å². The number of hydrazine groups is 1. The zero-order valence-corrected chi connectivity index (χ0v) is 22.9. The molecule has 1 saturated carbocycles. The summed E-state index contributed by atoms with van der Waals surface area (Å²) in [7, 11) is 1.70. The molecule has 1 aromatic carbocycles. The van der Waals surface area contributed by atoms with Crippen LogP contribution in [0, 0.1) is 10.8 Å². The van der Waals surface area contributed by atoms with Crippen LogP contribution in [-0.4, -0.2) is 67.4 Å². The van der Waals surface area contributed by atoms with Gasteiger partial charge in [-0.3, -0.25) is 10.7 Å². The van der Waals surface area contributed by atoms with Gasteiger partial charge < -0.3 is 25.1 Å². The van der Waals surface area contributed by atoms with E-state index in [9.17, 15) is 4.79 Å². The number of amides is 1. The molecule has 198 valence electrons. The van der Waals surface area contributed by atoms with E-state index in [1.54, 1.807) is 7.11 Å². The first-order valence-electron chi connectivity index (χ1n) is 12.9. The van der Waals surface area contributed by atoms with Crippen molar-refractivity contribution in [1.82, 2.24) is 20.5 Å². The number of rotatable bonds is 8. The Balaban J connectivity index is 1.46. The van der Waals surface area contributed by atoms with Crippen LogP contribution in [0.4, 0.5) is 4.79 Å². The summed E-state index contributed by atoms with van der Waals surface area (Å²) in [5, 5.41) is 3.96. The topological polar surface area (TPSA) is 92.1 Å². The van der Waals surface area contributed by atoms with E-state index in [4.69, 9.17) is 15.3 Å². The van der Waals surface area contributed by atoms with Crippen LogP contribution in [0.5, 0.6) is 5.75 Å². The minimum absolute atomic E-state index is 0.0179. The first-order valence-corrected chi connectivity index (χ1v) is 12.9. The first-order chi connectivity index (χ1) is 16.9. The maximum Gasteiger partial charge on any atom is 0.410 e. The largest absolute Gasteiger partial charge is 0.497 e. The summed E-state index contributed by atoms with van der Waals surface area (Å²) < 4.78 is 11.1. The van der Waals surface area contributed by atoms with Gasteiger partial charge in [-0.05, 0) is 64.0 Å². The van der Waals surface area contributed by atoms with Crippen molar-refractivity contribution in [2.75, 3.05) is 39.8 Å². The van der Waals surface area contributed by atoms with Gasteiger partial charge in [0.15, 0.2) is 0 Å². The van der Waals surface area contributed by atoms with Crippen LogP contribution in [0.25, 0.3) is 0 Å². The van der Waals surface area contributed by atoms with Gasteiger partial charge in [0.25, 0.3) is 0 Å². The molecule has 1 unspecified atom stereocenters. The van der Waals surface area contributed by atoms with Gasteiger partial charge in [-0.25, -0.2) is 4.79 Å². The van der Waals surface area contributed by atoms with E-state index in [2.05, 4.69) is 60.7 Å². The van der Waals surface area contributed by atoms with E-state index in [0.29, 0.717) is 13.1 Å². The molecule has 4 atom stereocenters. The molecule has 2 fully saturated rings. The van der Waals surface area contributed by atoms with Crippen LogP contribution in [0.1, 0.15) is 53.1 Å². The molecule has 0 bridgehead atoms. The normalized spacial score (nSPS) is 27.5. The minimum Gasteiger partial charge on any atom is -0.497 e. The lowest BCUT2D eigenvalue weighted by Crippen LogP contribution is -2.52. The van der Waals surface area contributed by atoms with Gasteiger partial charge >= 0.3 is 6.09 Å². The quantitative estimate of drug-likeness (QED) is 0.373. The number of ether oxygens (including phenoxy) is 2. The number of nitrogens with one attached hydrogen (secondary N) is 2. The number of benzene rings is 1. The Labute approximate surface area is 215 Å². The van der Waals surface area contributed by atoms with Crippen molar-refractivity contribution >= 4 is 6.09 Å². The van der Waals surface area contributed by atoms with Crippen molar-refractivity contribution in [3.05, 3.63) is 53.3 Å². The number of hydrogen-bond donors (Lipinski definition) is 3. The Hall–Kier alpha value is -2.55. The summed E-state index contributed by atoms with van der Waals surface area (Å²) in [4.78, 5) is 16.7. The van der Waals surface area contributed by atoms with E-state index in [1.165, 1.54) is 11.1 Å². The van der Waals surface area contributed by atoms with E-state index >= 15 is 0 Å². The van der Waals surface area contributed by atoms with Crippen molar-refractivity contribution in [3.63, 3.8) is 0 Å². The highest BCUT2D eigenvalue weighted by atomic mass is 16.6. The summed E-state index contributed by atoms with van der Waals surface area (Å²) in [6.07, 6.45) is 4.07. The average Bonchev–Trinajstić information content (AvgIpc) is 3.13. The standard InChI is InChI=1S/C28H43N5O3/c1-19(27(5)23-11-12-24(31-29)28(23,27)6)30-22(20-9-8-10-21(17-20)35-7)18-32-13-15-33(16-14-32)25(34)36-26(2,3)4/h8-12,17,19,22,30-31H,13-16,18,29H2,1-7H3/t19-,22?,27-,28+/m1/s1. The number of hydrogen-bond acceptors (Lipinski definition) is 7. The van der Waals surface area contributed by atoms with E-state index in [1.807, 2.05) is 37.8 Å². The van der Waals surface area contributed by atoms with Gasteiger partial charge in [-0.15, -0.1) is 0 Å². The van der Waals surface area contributed by atoms with Crippen LogP contribution in [0.15, 0.2) is 47.7 Å². The summed E-state index contributed by atoms with van der Waals surface area (Å²) in [6.45, 7) is 16.3. The van der Waals surface area contributed by atoms with Gasteiger partial charge in [-0.2, -0.15) is 0 Å². The zero-order chi connectivity index (χ0) is 26.3. The van der Waals surface area contributed by atoms with Crippen LogP contribution in [0.2, 0.25) is 0 Å². The molecule has 8 heteroatoms. The molecule has 0 radical (unpaired) electrons. The molecule has 2 aliphatic carbocycles. The lowest BCUT2D eigenvalue weighted by molar-refractivity contribution is 0.0136. The maximum atomic E-state index is 12.5. The highest BCUT2D eigenvalue weighted by molar-refractivity contribution is 5.68. The van der Waals surface area contributed by atoms with Gasteiger partial charge in [0.2, 0.25) is 0 Å². The second kappa shape index (κ2) is 9.72. The molecule has 1 amide bonds. The molecule has 1 saturated heterocycles. The van der Waals surface area contributed by atoms with Gasteiger partial charge in [0.1, 0.15) is 11.4 Å². The molecule has 0 aromatic heterocycles. The minimum atomic E-state index is -0.483. The lowest BCUT2D eigenvalue weighted by Gasteiger charge is -2.38. The number of methoxy groups -OCH3 is 1. The molecule has 0 spiro atoms. The molecule has 36 heavy (non-hydrogen) atoms. The van der Waals surface area contributed by atoms with Crippen molar-refractivity contribution in [1.29, 1.82) is 0 Å². The van der Waals surface area contributed by atoms with Crippen molar-refractivity contribution in [2.24, 2.45) is 16.7 Å². The van der Waals surface area contributed by atoms with Crippen molar-refractivity contribution < 1.29 is 14.3 Å². The Bertz CT molecular complexity index is 1040. The van der Waals surface area contributed by atoms with Gasteiger partial charge in [0, 0.05) is 61.3 Å². The molecule has 1 aliphatic heterocycles. The SMILES string of the molecule is COc1cccc(C(CN2CCN(C(=O)OC(C)(C)C)CC2)N[C@H](C)[C@]2(C)C3=CC=C(NN)[C@]32C)c1. The fourth-order valence-corrected chi connectivity index (χ4v) is 5.98. The van der Waals surface area contributed by atoms with Crippen LogP contribution < -0.4 is 21.3 Å². The van der Waals surface area contributed by atoms with E-state index < -0.39 is 5.60 Å². The van der Waals surface area contributed by atoms with Crippen LogP contribution in [-0.2, 0) is 4.74 Å². The molecule has 8 nitrogen and oxygen atoms in total.